The van der Waals surface area contributed by atoms with Crippen molar-refractivity contribution in [2.45, 2.75) is 38.5 Å². The Hall–Kier alpha value is -1.64. The van der Waals surface area contributed by atoms with Crippen molar-refractivity contribution in [3.8, 4) is 0 Å². The first-order valence-electron chi connectivity index (χ1n) is 8.19. The van der Waals surface area contributed by atoms with Crippen molar-refractivity contribution in [1.82, 2.24) is 9.97 Å². The smallest absolute Gasteiger partial charge is 0.171 e. The van der Waals surface area contributed by atoms with Crippen molar-refractivity contribution < 1.29 is 4.79 Å². The van der Waals surface area contributed by atoms with Crippen LogP contribution in [-0.2, 0) is 0 Å². The summed E-state index contributed by atoms with van der Waals surface area (Å²) in [5, 5.41) is 0.998. The minimum absolute atomic E-state index is 0.0558. The highest BCUT2D eigenvalue weighted by atomic mass is 16.1. The second-order valence-electron chi connectivity index (χ2n) is 7.65. The van der Waals surface area contributed by atoms with Gasteiger partial charge in [-0.25, -0.2) is 0 Å². The van der Waals surface area contributed by atoms with Gasteiger partial charge in [0.1, 0.15) is 0 Å². The average molecular weight is 280 g/mol. The largest absolute Gasteiger partial charge is 0.360 e. The van der Waals surface area contributed by atoms with Gasteiger partial charge in [-0.3, -0.25) is 9.78 Å². The fourth-order valence-corrected chi connectivity index (χ4v) is 5.82. The lowest BCUT2D eigenvalue weighted by Crippen LogP contribution is -2.50. The predicted octanol–water partition coefficient (Wildman–Crippen LogP) is 3.96. The third kappa shape index (κ3) is 1.60. The summed E-state index contributed by atoms with van der Waals surface area (Å²) in [5.41, 5.74) is 1.85. The number of nitrogens with one attached hydrogen (secondary N) is 1. The zero-order valence-electron chi connectivity index (χ0n) is 12.1. The Kier molecular flexibility index (Phi) is 2.26. The number of carbonyl (C=O) groups is 1. The molecule has 4 aliphatic carbocycles. The van der Waals surface area contributed by atoms with Crippen molar-refractivity contribution >= 4 is 16.7 Å². The van der Waals surface area contributed by atoms with Gasteiger partial charge in [-0.15, -0.1) is 0 Å². The van der Waals surface area contributed by atoms with E-state index < -0.39 is 0 Å². The van der Waals surface area contributed by atoms with Crippen LogP contribution in [0.2, 0.25) is 0 Å². The Bertz CT molecular complexity index is 694. The number of pyridine rings is 1. The maximum absolute atomic E-state index is 13.3. The van der Waals surface area contributed by atoms with Gasteiger partial charge in [0.2, 0.25) is 0 Å². The van der Waals surface area contributed by atoms with Crippen molar-refractivity contribution in [1.29, 1.82) is 0 Å². The highest BCUT2D eigenvalue weighted by molar-refractivity contribution is 6.10. The second kappa shape index (κ2) is 3.96. The molecule has 0 radical (unpaired) electrons. The molecule has 3 nitrogen and oxygen atoms in total. The van der Waals surface area contributed by atoms with Crippen LogP contribution in [0.1, 0.15) is 48.9 Å². The van der Waals surface area contributed by atoms with Crippen LogP contribution in [0.15, 0.2) is 24.7 Å². The van der Waals surface area contributed by atoms with E-state index in [0.29, 0.717) is 5.78 Å². The number of nitrogens with zero attached hydrogens (tertiary/aromatic N) is 1. The van der Waals surface area contributed by atoms with Gasteiger partial charge < -0.3 is 4.98 Å². The molecular formula is C18H20N2O. The number of fused-ring (bicyclic) bond motifs is 1. The number of aromatic amines is 1. The zero-order chi connectivity index (χ0) is 14.0. The quantitative estimate of drug-likeness (QED) is 0.846. The molecule has 2 aromatic rings. The van der Waals surface area contributed by atoms with Crippen LogP contribution >= 0.6 is 0 Å². The molecule has 4 fully saturated rings. The van der Waals surface area contributed by atoms with Gasteiger partial charge in [0.05, 0.1) is 0 Å². The Morgan fingerprint density at radius 3 is 2.48 bits per heavy atom. The van der Waals surface area contributed by atoms with Crippen LogP contribution in [-0.4, -0.2) is 15.8 Å². The average Bonchev–Trinajstić information content (AvgIpc) is 2.89. The third-order valence-corrected chi connectivity index (χ3v) is 6.25. The first-order chi connectivity index (χ1) is 10.2. The molecule has 0 aliphatic heterocycles. The summed E-state index contributed by atoms with van der Waals surface area (Å²) in [5.74, 6) is 2.82. The van der Waals surface area contributed by atoms with Crippen molar-refractivity contribution in [2.75, 3.05) is 0 Å². The Balaban J connectivity index is 1.59. The predicted molar refractivity (Wildman–Crippen MR) is 81.0 cm³/mol. The lowest BCUT2D eigenvalue weighted by atomic mass is 9.48. The molecule has 108 valence electrons. The second-order valence-corrected chi connectivity index (χ2v) is 7.65. The molecule has 1 N–H and O–H groups in total. The van der Waals surface area contributed by atoms with Gasteiger partial charge >= 0.3 is 0 Å². The van der Waals surface area contributed by atoms with E-state index in [9.17, 15) is 4.79 Å². The molecule has 2 aromatic heterocycles. The van der Waals surface area contributed by atoms with E-state index in [1.807, 2.05) is 18.5 Å². The molecule has 6 rings (SSSR count). The van der Waals surface area contributed by atoms with Gasteiger partial charge in [0.25, 0.3) is 0 Å². The number of rotatable bonds is 2. The van der Waals surface area contributed by atoms with Crippen LogP contribution in [0.5, 0.6) is 0 Å². The Morgan fingerprint density at radius 2 is 1.81 bits per heavy atom. The molecule has 0 spiro atoms. The van der Waals surface area contributed by atoms with Crippen LogP contribution < -0.4 is 0 Å². The summed E-state index contributed by atoms with van der Waals surface area (Å²) in [7, 11) is 0. The Labute approximate surface area is 124 Å². The molecule has 21 heavy (non-hydrogen) atoms. The molecule has 0 aromatic carbocycles. The number of ketones is 1. The van der Waals surface area contributed by atoms with E-state index in [2.05, 4.69) is 9.97 Å². The summed E-state index contributed by atoms with van der Waals surface area (Å²) in [6.45, 7) is 0. The minimum atomic E-state index is -0.0558. The molecule has 0 amide bonds. The summed E-state index contributed by atoms with van der Waals surface area (Å²) in [4.78, 5) is 20.8. The number of Topliss-reactive ketones (excluding diaryl/α,β-unsaturated/α-hetero) is 1. The summed E-state index contributed by atoms with van der Waals surface area (Å²) in [6, 6.07) is 1.95. The standard InChI is InChI=1S/C18H20N2O/c21-17(15-10-20-16-1-2-19-9-14(15)16)18-6-11-3-12(7-18)5-13(4-11)8-18/h1-2,9-13,20H,3-8H2. The third-order valence-electron chi connectivity index (χ3n) is 6.25. The van der Waals surface area contributed by atoms with E-state index in [1.54, 1.807) is 6.20 Å². The van der Waals surface area contributed by atoms with Crippen LogP contribution in [0.4, 0.5) is 0 Å². The number of H-pyrrole nitrogens is 1. The van der Waals surface area contributed by atoms with E-state index in [1.165, 1.54) is 19.3 Å². The molecule has 3 heteroatoms. The maximum Gasteiger partial charge on any atom is 0.171 e. The number of aromatic nitrogens is 2. The molecule has 0 atom stereocenters. The molecule has 4 saturated carbocycles. The van der Waals surface area contributed by atoms with E-state index in [4.69, 9.17) is 0 Å². The number of carbonyl (C=O) groups excluding carboxylic acids is 1. The molecule has 4 aliphatic rings. The van der Waals surface area contributed by atoms with E-state index in [0.717, 1.165) is 53.5 Å². The highest BCUT2D eigenvalue weighted by Gasteiger charge is 2.54. The topological polar surface area (TPSA) is 45.8 Å². The van der Waals surface area contributed by atoms with E-state index >= 15 is 0 Å². The van der Waals surface area contributed by atoms with Gasteiger partial charge in [-0.1, -0.05) is 0 Å². The molecule has 0 saturated heterocycles. The molecule has 0 unspecified atom stereocenters. The normalized spacial score (nSPS) is 37.2. The van der Waals surface area contributed by atoms with Crippen LogP contribution in [0.25, 0.3) is 10.9 Å². The highest BCUT2D eigenvalue weighted by Crippen LogP contribution is 2.61. The molecule has 2 heterocycles. The van der Waals surface area contributed by atoms with Crippen molar-refractivity contribution in [2.24, 2.45) is 23.2 Å². The van der Waals surface area contributed by atoms with Crippen molar-refractivity contribution in [3.05, 3.63) is 30.2 Å². The number of hydrogen-bond acceptors (Lipinski definition) is 2. The van der Waals surface area contributed by atoms with Gasteiger partial charge in [-0.05, 0) is 62.3 Å². The zero-order valence-corrected chi connectivity index (χ0v) is 12.1. The fraction of sp³-hybridized carbons (Fsp3) is 0.556. The molecular weight excluding hydrogens is 260 g/mol. The maximum atomic E-state index is 13.3. The van der Waals surface area contributed by atoms with Gasteiger partial charge in [-0.2, -0.15) is 0 Å². The first-order valence-corrected chi connectivity index (χ1v) is 8.19. The lowest BCUT2D eigenvalue weighted by molar-refractivity contribution is -0.0352. The summed E-state index contributed by atoms with van der Waals surface area (Å²) >= 11 is 0. The number of hydrogen-bond donors (Lipinski definition) is 1. The lowest BCUT2D eigenvalue weighted by Gasteiger charge is -2.55. The van der Waals surface area contributed by atoms with Gasteiger partial charge in [0, 0.05) is 40.5 Å². The molecule has 4 bridgehead atoms. The SMILES string of the molecule is O=C(c1c[nH]c2ccncc12)C12CC3CC(CC(C3)C1)C2. The fourth-order valence-electron chi connectivity index (χ4n) is 5.82. The van der Waals surface area contributed by atoms with Crippen LogP contribution in [0.3, 0.4) is 0 Å². The van der Waals surface area contributed by atoms with Crippen LogP contribution in [0, 0.1) is 23.2 Å². The van der Waals surface area contributed by atoms with E-state index in [-0.39, 0.29) is 5.41 Å². The summed E-state index contributed by atoms with van der Waals surface area (Å²) in [6.07, 6.45) is 13.0. The first kappa shape index (κ1) is 12.0. The minimum Gasteiger partial charge on any atom is -0.360 e. The Morgan fingerprint density at radius 1 is 1.14 bits per heavy atom. The summed E-state index contributed by atoms with van der Waals surface area (Å²) < 4.78 is 0. The monoisotopic (exact) mass is 280 g/mol. The van der Waals surface area contributed by atoms with Crippen molar-refractivity contribution in [3.63, 3.8) is 0 Å². The van der Waals surface area contributed by atoms with Gasteiger partial charge in [0.15, 0.2) is 5.78 Å².